The van der Waals surface area contributed by atoms with Crippen LogP contribution < -0.4 is 10.1 Å². The molecule has 0 aromatic heterocycles. The Kier molecular flexibility index (Phi) is 4.15. The first kappa shape index (κ1) is 14.7. The molecule has 0 bridgehead atoms. The van der Waals surface area contributed by atoms with Gasteiger partial charge in [0.15, 0.2) is 0 Å². The lowest BCUT2D eigenvalue weighted by Crippen LogP contribution is -2.27. The van der Waals surface area contributed by atoms with Gasteiger partial charge in [-0.15, -0.1) is 0 Å². The predicted octanol–water partition coefficient (Wildman–Crippen LogP) is 3.91. The average molecular weight is 319 g/mol. The molecule has 0 saturated carbocycles. The molecule has 2 aromatic rings. The van der Waals surface area contributed by atoms with Crippen LogP contribution in [0.5, 0.6) is 5.75 Å². The summed E-state index contributed by atoms with van der Waals surface area (Å²) in [5, 5.41) is 14.3. The van der Waals surface area contributed by atoms with Gasteiger partial charge in [-0.25, -0.2) is 0 Å². The monoisotopic (exact) mass is 318 g/mol. The van der Waals surface area contributed by atoms with Crippen molar-refractivity contribution in [2.45, 2.75) is 6.42 Å². The molecule has 6 heteroatoms. The number of halogens is 1. The highest BCUT2D eigenvalue weighted by Gasteiger charge is 2.19. The number of rotatable bonds is 4. The summed E-state index contributed by atoms with van der Waals surface area (Å²) < 4.78 is 5.74. The Morgan fingerprint density at radius 3 is 2.91 bits per heavy atom. The van der Waals surface area contributed by atoms with E-state index in [4.69, 9.17) is 16.3 Å². The number of benzene rings is 2. The molecule has 0 radical (unpaired) electrons. The number of nitro benzene ring substituents is 1. The van der Waals surface area contributed by atoms with Gasteiger partial charge in [0, 0.05) is 24.6 Å². The van der Waals surface area contributed by atoms with E-state index in [0.29, 0.717) is 29.8 Å². The predicted molar refractivity (Wildman–Crippen MR) is 85.7 cm³/mol. The average Bonchev–Trinajstić information content (AvgIpc) is 2.53. The molecule has 1 heterocycles. The quantitative estimate of drug-likeness (QED) is 0.685. The Balaban J connectivity index is 1.63. The molecule has 1 aliphatic rings. The first-order valence-electron chi connectivity index (χ1n) is 7.02. The van der Waals surface area contributed by atoms with Crippen molar-refractivity contribution in [1.29, 1.82) is 0 Å². The molecule has 0 saturated heterocycles. The molecular formula is C16H15ClN2O3. The zero-order valence-electron chi connectivity index (χ0n) is 11.8. The van der Waals surface area contributed by atoms with E-state index in [1.54, 1.807) is 6.07 Å². The van der Waals surface area contributed by atoms with E-state index in [9.17, 15) is 10.1 Å². The minimum atomic E-state index is -0.457. The van der Waals surface area contributed by atoms with Gasteiger partial charge in [0.2, 0.25) is 0 Å². The molecular weight excluding hydrogens is 304 g/mol. The molecule has 22 heavy (non-hydrogen) atoms. The Morgan fingerprint density at radius 1 is 1.32 bits per heavy atom. The number of hydrogen-bond donors (Lipinski definition) is 1. The van der Waals surface area contributed by atoms with Crippen LogP contribution in [0.25, 0.3) is 0 Å². The molecule has 0 aliphatic carbocycles. The van der Waals surface area contributed by atoms with Gasteiger partial charge in [0.05, 0.1) is 22.2 Å². The lowest BCUT2D eigenvalue weighted by atomic mass is 9.96. The van der Waals surface area contributed by atoms with Crippen LogP contribution in [0.2, 0.25) is 5.02 Å². The van der Waals surface area contributed by atoms with E-state index in [-0.39, 0.29) is 5.69 Å². The number of nitrogens with one attached hydrogen (secondary N) is 1. The summed E-state index contributed by atoms with van der Waals surface area (Å²) in [4.78, 5) is 10.2. The lowest BCUT2D eigenvalue weighted by Gasteiger charge is -2.25. The normalized spacial score (nSPS) is 16.5. The number of ether oxygens (including phenoxy) is 1. The molecule has 0 spiro atoms. The second kappa shape index (κ2) is 6.23. The highest BCUT2D eigenvalue weighted by molar-refractivity contribution is 6.33. The van der Waals surface area contributed by atoms with Crippen LogP contribution in [0, 0.1) is 16.0 Å². The minimum Gasteiger partial charge on any atom is -0.493 e. The van der Waals surface area contributed by atoms with E-state index < -0.39 is 4.92 Å². The summed E-state index contributed by atoms with van der Waals surface area (Å²) in [5.41, 5.74) is 1.90. The lowest BCUT2D eigenvalue weighted by molar-refractivity contribution is -0.384. The van der Waals surface area contributed by atoms with Gasteiger partial charge in [-0.1, -0.05) is 29.8 Å². The fraction of sp³-hybridized carbons (Fsp3) is 0.250. The van der Waals surface area contributed by atoms with Crippen molar-refractivity contribution < 1.29 is 9.66 Å². The van der Waals surface area contributed by atoms with Crippen molar-refractivity contribution in [2.24, 2.45) is 5.92 Å². The Bertz CT molecular complexity index is 706. The van der Waals surface area contributed by atoms with Gasteiger partial charge in [0.25, 0.3) is 5.69 Å². The largest absolute Gasteiger partial charge is 0.493 e. The fourth-order valence-corrected chi connectivity index (χ4v) is 2.78. The number of para-hydroxylation sites is 1. The van der Waals surface area contributed by atoms with Crippen molar-refractivity contribution in [3.63, 3.8) is 0 Å². The van der Waals surface area contributed by atoms with E-state index >= 15 is 0 Å². The van der Waals surface area contributed by atoms with Crippen LogP contribution in [0.4, 0.5) is 11.4 Å². The summed E-state index contributed by atoms with van der Waals surface area (Å²) in [6, 6.07) is 12.5. The van der Waals surface area contributed by atoms with Crippen molar-refractivity contribution in [2.75, 3.05) is 18.5 Å². The van der Waals surface area contributed by atoms with Gasteiger partial charge in [0.1, 0.15) is 5.75 Å². The topological polar surface area (TPSA) is 64.4 Å². The van der Waals surface area contributed by atoms with Crippen LogP contribution in [0.1, 0.15) is 5.56 Å². The first-order valence-corrected chi connectivity index (χ1v) is 7.40. The number of nitrogens with zero attached hydrogens (tertiary/aromatic N) is 1. The van der Waals surface area contributed by atoms with Crippen molar-refractivity contribution in [3.05, 3.63) is 63.2 Å². The van der Waals surface area contributed by atoms with Crippen molar-refractivity contribution >= 4 is 23.0 Å². The summed E-state index contributed by atoms with van der Waals surface area (Å²) in [7, 11) is 0. The van der Waals surface area contributed by atoms with Gasteiger partial charge in [-0.3, -0.25) is 10.1 Å². The number of non-ortho nitro benzene ring substituents is 1. The third-order valence-electron chi connectivity index (χ3n) is 3.70. The molecule has 1 unspecified atom stereocenters. The van der Waals surface area contributed by atoms with Gasteiger partial charge < -0.3 is 10.1 Å². The van der Waals surface area contributed by atoms with E-state index in [1.807, 2.05) is 18.2 Å². The van der Waals surface area contributed by atoms with Crippen molar-refractivity contribution in [1.82, 2.24) is 0 Å². The second-order valence-corrected chi connectivity index (χ2v) is 5.70. The summed E-state index contributed by atoms with van der Waals surface area (Å²) in [5.74, 6) is 1.29. The number of fused-ring (bicyclic) bond motifs is 1. The van der Waals surface area contributed by atoms with Gasteiger partial charge >= 0.3 is 0 Å². The number of hydrogen-bond acceptors (Lipinski definition) is 4. The zero-order chi connectivity index (χ0) is 15.5. The standard InChI is InChI=1S/C16H15ClN2O3/c17-14-8-13(19(20)21)5-6-15(14)18-9-11-7-12-3-1-2-4-16(12)22-10-11/h1-6,8,11,18H,7,9-10H2. The second-order valence-electron chi connectivity index (χ2n) is 5.29. The summed E-state index contributed by atoms with van der Waals surface area (Å²) >= 11 is 6.07. The maximum absolute atomic E-state index is 10.7. The molecule has 1 N–H and O–H groups in total. The third-order valence-corrected chi connectivity index (χ3v) is 4.01. The van der Waals surface area contributed by atoms with E-state index in [2.05, 4.69) is 11.4 Å². The zero-order valence-corrected chi connectivity index (χ0v) is 12.5. The van der Waals surface area contributed by atoms with Crippen LogP contribution in [0.15, 0.2) is 42.5 Å². The smallest absolute Gasteiger partial charge is 0.271 e. The Morgan fingerprint density at radius 2 is 2.14 bits per heavy atom. The molecule has 2 aromatic carbocycles. The highest BCUT2D eigenvalue weighted by atomic mass is 35.5. The van der Waals surface area contributed by atoms with Crippen LogP contribution in [-0.2, 0) is 6.42 Å². The van der Waals surface area contributed by atoms with Crippen molar-refractivity contribution in [3.8, 4) is 5.75 Å². The van der Waals surface area contributed by atoms with Gasteiger partial charge in [-0.2, -0.15) is 0 Å². The molecule has 1 atom stereocenters. The molecule has 114 valence electrons. The van der Waals surface area contributed by atoms with E-state index in [1.165, 1.54) is 17.7 Å². The first-order chi connectivity index (χ1) is 10.6. The van der Waals surface area contributed by atoms with Gasteiger partial charge in [-0.05, 0) is 24.1 Å². The molecule has 0 fully saturated rings. The van der Waals surface area contributed by atoms with Crippen LogP contribution in [0.3, 0.4) is 0 Å². The van der Waals surface area contributed by atoms with Crippen LogP contribution in [-0.4, -0.2) is 18.1 Å². The third kappa shape index (κ3) is 3.14. The minimum absolute atomic E-state index is 0.00882. The Hall–Kier alpha value is -2.27. The summed E-state index contributed by atoms with van der Waals surface area (Å²) in [6.45, 7) is 1.35. The Labute approximate surface area is 133 Å². The maximum Gasteiger partial charge on any atom is 0.271 e. The summed E-state index contributed by atoms with van der Waals surface area (Å²) in [6.07, 6.45) is 0.938. The fourth-order valence-electron chi connectivity index (χ4n) is 2.54. The SMILES string of the molecule is O=[N+]([O-])c1ccc(NCC2COc3ccccc3C2)c(Cl)c1. The number of nitro groups is 1. The maximum atomic E-state index is 10.7. The highest BCUT2D eigenvalue weighted by Crippen LogP contribution is 2.29. The van der Waals surface area contributed by atoms with Crippen LogP contribution >= 0.6 is 11.6 Å². The van der Waals surface area contributed by atoms with E-state index in [0.717, 1.165) is 12.2 Å². The molecule has 1 aliphatic heterocycles. The molecule has 5 nitrogen and oxygen atoms in total. The molecule has 0 amide bonds. The molecule has 3 rings (SSSR count). The number of anilines is 1.